The highest BCUT2D eigenvalue weighted by Gasteiger charge is 2.30. The van der Waals surface area contributed by atoms with Crippen LogP contribution in [0.15, 0.2) is 34.3 Å². The summed E-state index contributed by atoms with van der Waals surface area (Å²) < 4.78 is 6.08. The number of carbonyl (C=O) groups is 3. The van der Waals surface area contributed by atoms with Gasteiger partial charge in [-0.05, 0) is 87.0 Å². The number of amidine groups is 1. The number of aliphatic imine (C=N–C) groups is 1. The average molecular weight is 527 g/mol. The lowest BCUT2D eigenvalue weighted by molar-refractivity contribution is -0.143. The van der Waals surface area contributed by atoms with E-state index in [2.05, 4.69) is 20.6 Å². The summed E-state index contributed by atoms with van der Waals surface area (Å²) in [7, 11) is 0. The summed E-state index contributed by atoms with van der Waals surface area (Å²) in [5, 5.41) is 15.8. The van der Waals surface area contributed by atoms with Gasteiger partial charge in [-0.2, -0.15) is 0 Å². The van der Waals surface area contributed by atoms with Crippen molar-refractivity contribution < 1.29 is 24.2 Å². The molecule has 188 valence electrons. The third-order valence-corrected chi connectivity index (χ3v) is 8.11. The first-order valence-corrected chi connectivity index (χ1v) is 13.5. The van der Waals surface area contributed by atoms with Crippen molar-refractivity contribution in [3.63, 3.8) is 0 Å². The van der Waals surface area contributed by atoms with Crippen LogP contribution in [0.1, 0.15) is 49.0 Å². The van der Waals surface area contributed by atoms with E-state index in [1.165, 1.54) is 23.1 Å². The second kappa shape index (κ2) is 10.4. The first-order chi connectivity index (χ1) is 17.3. The first-order valence-electron chi connectivity index (χ1n) is 11.9. The van der Waals surface area contributed by atoms with Gasteiger partial charge in [0.15, 0.2) is 10.3 Å². The summed E-state index contributed by atoms with van der Waals surface area (Å²) in [6, 6.07) is 5.62. The Bertz CT molecular complexity index is 1260. The van der Waals surface area contributed by atoms with Gasteiger partial charge >= 0.3 is 5.97 Å². The fourth-order valence-corrected chi connectivity index (χ4v) is 5.79. The summed E-state index contributed by atoms with van der Waals surface area (Å²) in [5.74, 6) is -0.387. The number of ether oxygens (including phenoxy) is 1. The van der Waals surface area contributed by atoms with Crippen molar-refractivity contribution in [2.75, 3.05) is 5.32 Å². The summed E-state index contributed by atoms with van der Waals surface area (Å²) >= 11 is 2.58. The van der Waals surface area contributed by atoms with Crippen LogP contribution in [0.2, 0.25) is 0 Å². The number of hydrogen-bond donors (Lipinski definition) is 3. The van der Waals surface area contributed by atoms with Gasteiger partial charge < -0.3 is 20.5 Å². The van der Waals surface area contributed by atoms with Crippen LogP contribution in [0.3, 0.4) is 0 Å². The van der Waals surface area contributed by atoms with E-state index in [9.17, 15) is 14.4 Å². The number of hydrogen-bond acceptors (Lipinski definition) is 8. The van der Waals surface area contributed by atoms with Gasteiger partial charge in [0, 0.05) is 12.1 Å². The number of aryl methyl sites for hydroxylation is 1. The Morgan fingerprint density at radius 2 is 1.94 bits per heavy atom. The average Bonchev–Trinajstić information content (AvgIpc) is 3.53. The van der Waals surface area contributed by atoms with E-state index in [1.54, 1.807) is 12.3 Å². The maximum atomic E-state index is 12.5. The van der Waals surface area contributed by atoms with Gasteiger partial charge in [0.25, 0.3) is 5.91 Å². The molecule has 2 saturated carbocycles. The van der Waals surface area contributed by atoms with Gasteiger partial charge in [-0.3, -0.25) is 14.4 Å². The lowest BCUT2D eigenvalue weighted by Gasteiger charge is -2.27. The van der Waals surface area contributed by atoms with Crippen LogP contribution in [0.5, 0.6) is 5.75 Å². The largest absolute Gasteiger partial charge is 0.490 e. The molecule has 2 heterocycles. The van der Waals surface area contributed by atoms with E-state index in [4.69, 9.17) is 9.84 Å². The van der Waals surface area contributed by atoms with E-state index in [1.807, 2.05) is 25.1 Å². The lowest BCUT2D eigenvalue weighted by Crippen LogP contribution is -2.27. The predicted molar refractivity (Wildman–Crippen MR) is 139 cm³/mol. The maximum Gasteiger partial charge on any atom is 0.306 e. The van der Waals surface area contributed by atoms with Gasteiger partial charge in [0.05, 0.1) is 27.5 Å². The normalized spacial score (nSPS) is 24.1. The third kappa shape index (κ3) is 5.96. The Morgan fingerprint density at radius 1 is 1.19 bits per heavy atom. The molecular weight excluding hydrogens is 500 g/mol. The second-order valence-electron chi connectivity index (χ2n) is 9.19. The minimum Gasteiger partial charge on any atom is -0.490 e. The van der Waals surface area contributed by atoms with Crippen molar-refractivity contribution in [2.24, 2.45) is 16.8 Å². The predicted octanol–water partition coefficient (Wildman–Crippen LogP) is 4.71. The molecule has 0 unspecified atom stereocenters. The van der Waals surface area contributed by atoms with Gasteiger partial charge in [-0.25, -0.2) is 9.98 Å². The van der Waals surface area contributed by atoms with E-state index < -0.39 is 5.97 Å². The number of thiazole rings is 1. The Morgan fingerprint density at radius 3 is 2.64 bits per heavy atom. The number of thioether (sulfide) groups is 1. The number of nitrogens with zero attached hydrogens (tertiary/aromatic N) is 2. The highest BCUT2D eigenvalue weighted by molar-refractivity contribution is 8.18. The van der Waals surface area contributed by atoms with Gasteiger partial charge in [0.2, 0.25) is 5.91 Å². The van der Waals surface area contributed by atoms with Crippen LogP contribution in [0, 0.1) is 18.8 Å². The topological polar surface area (TPSA) is 130 Å². The first kappa shape index (κ1) is 24.5. The second-order valence-corrected chi connectivity index (χ2v) is 11.3. The van der Waals surface area contributed by atoms with Gasteiger partial charge in [0.1, 0.15) is 5.75 Å². The van der Waals surface area contributed by atoms with Crippen LogP contribution in [0.25, 0.3) is 6.08 Å². The highest BCUT2D eigenvalue weighted by atomic mass is 32.2. The Hall–Kier alpha value is -3.18. The van der Waals surface area contributed by atoms with E-state index in [0.717, 1.165) is 47.6 Å². The zero-order valence-corrected chi connectivity index (χ0v) is 21.3. The number of rotatable bonds is 7. The molecule has 9 nitrogen and oxygen atoms in total. The van der Waals surface area contributed by atoms with Crippen LogP contribution < -0.4 is 15.4 Å². The monoisotopic (exact) mass is 526 g/mol. The smallest absolute Gasteiger partial charge is 0.306 e. The summed E-state index contributed by atoms with van der Waals surface area (Å²) in [6.45, 7) is 1.93. The SMILES string of the molecule is Cc1cc(OC2CCC(C(=O)O)CC2)ccc1N=C1NC(=O)C(=Cc2cnc(NC(=O)C3CC3)s2)S1. The lowest BCUT2D eigenvalue weighted by atomic mass is 9.87. The number of anilines is 1. The molecule has 2 amide bonds. The Labute approximate surface area is 216 Å². The van der Waals surface area contributed by atoms with Crippen molar-refractivity contribution in [3.05, 3.63) is 39.7 Å². The molecule has 36 heavy (non-hydrogen) atoms. The maximum absolute atomic E-state index is 12.5. The molecule has 3 N–H and O–H groups in total. The number of carboxylic acid groups (broad SMARTS) is 1. The Balaban J connectivity index is 1.20. The standard InChI is InChI=1S/C25H26N4O5S2/c1-13-10-17(34-16-6-4-15(5-7-16)23(32)33)8-9-19(13)27-25-29-22(31)20(36-25)11-18-12-26-24(35-18)28-21(30)14-2-3-14/h8-12,14-16H,2-7H2,1H3,(H,32,33)(H,26,28,30)(H,27,29,31). The highest BCUT2D eigenvalue weighted by Crippen LogP contribution is 2.34. The molecular formula is C25H26N4O5S2. The fraction of sp³-hybridized carbons (Fsp3) is 0.400. The van der Waals surface area contributed by atoms with E-state index in [-0.39, 0.29) is 29.8 Å². The molecule has 0 radical (unpaired) electrons. The molecule has 0 spiro atoms. The number of benzene rings is 1. The molecule has 1 aromatic carbocycles. The minimum atomic E-state index is -0.725. The molecule has 3 fully saturated rings. The molecule has 2 aromatic rings. The number of carboxylic acids is 1. The molecule has 2 aliphatic carbocycles. The molecule has 1 aliphatic heterocycles. The van der Waals surface area contributed by atoms with Crippen molar-refractivity contribution in [2.45, 2.75) is 51.6 Å². The number of aliphatic carboxylic acids is 1. The molecule has 0 bridgehead atoms. The van der Waals surface area contributed by atoms with Gasteiger partial charge in [-0.1, -0.05) is 11.3 Å². The molecule has 11 heteroatoms. The minimum absolute atomic E-state index is 0.00307. The zero-order chi connectivity index (χ0) is 25.2. The van der Waals surface area contributed by atoms with Crippen molar-refractivity contribution >= 4 is 62.9 Å². The van der Waals surface area contributed by atoms with Crippen LogP contribution in [-0.2, 0) is 14.4 Å². The van der Waals surface area contributed by atoms with Crippen molar-refractivity contribution in [1.82, 2.24) is 10.3 Å². The van der Waals surface area contributed by atoms with Crippen molar-refractivity contribution in [1.29, 1.82) is 0 Å². The summed E-state index contributed by atoms with van der Waals surface area (Å²) in [6.07, 6.45) is 7.98. The van der Waals surface area contributed by atoms with Crippen LogP contribution in [-0.4, -0.2) is 39.1 Å². The Kier molecular flexibility index (Phi) is 7.10. The molecule has 1 saturated heterocycles. The van der Waals surface area contributed by atoms with Crippen LogP contribution in [0.4, 0.5) is 10.8 Å². The molecule has 0 atom stereocenters. The molecule has 5 rings (SSSR count). The molecule has 3 aliphatic rings. The fourth-order valence-electron chi connectivity index (χ4n) is 4.13. The van der Waals surface area contributed by atoms with Crippen LogP contribution >= 0.6 is 23.1 Å². The van der Waals surface area contributed by atoms with Gasteiger partial charge in [-0.15, -0.1) is 0 Å². The number of nitrogens with one attached hydrogen (secondary N) is 2. The molecule has 1 aromatic heterocycles. The number of carbonyl (C=O) groups excluding carboxylic acids is 2. The summed E-state index contributed by atoms with van der Waals surface area (Å²) in [5.41, 5.74) is 1.63. The van der Waals surface area contributed by atoms with E-state index >= 15 is 0 Å². The number of aromatic nitrogens is 1. The quantitative estimate of drug-likeness (QED) is 0.445. The summed E-state index contributed by atoms with van der Waals surface area (Å²) in [4.78, 5) is 45.6. The third-order valence-electron chi connectivity index (χ3n) is 6.34. The number of amides is 2. The van der Waals surface area contributed by atoms with E-state index in [0.29, 0.717) is 28.0 Å². The van der Waals surface area contributed by atoms with Crippen molar-refractivity contribution in [3.8, 4) is 5.75 Å². The zero-order valence-electron chi connectivity index (χ0n) is 19.7.